The van der Waals surface area contributed by atoms with Crippen molar-refractivity contribution in [1.29, 1.82) is 0 Å². The van der Waals surface area contributed by atoms with Crippen LogP contribution in [-0.4, -0.2) is 12.4 Å². The van der Waals surface area contributed by atoms with Gasteiger partial charge in [0, 0.05) is 11.4 Å². The van der Waals surface area contributed by atoms with Gasteiger partial charge in [-0.3, -0.25) is 4.79 Å². The van der Waals surface area contributed by atoms with Crippen LogP contribution in [-0.2, 0) is 11.2 Å². The summed E-state index contributed by atoms with van der Waals surface area (Å²) < 4.78 is 5.41. The Morgan fingerprint density at radius 2 is 1.89 bits per heavy atom. The van der Waals surface area contributed by atoms with Crippen LogP contribution in [0.4, 0.5) is 0 Å². The van der Waals surface area contributed by atoms with E-state index in [1.54, 1.807) is 24.3 Å². The third-order valence-electron chi connectivity index (χ3n) is 2.72. The molecule has 0 spiro atoms. The molecule has 0 saturated carbocycles. The van der Waals surface area contributed by atoms with Crippen LogP contribution in [0.3, 0.4) is 0 Å². The minimum absolute atomic E-state index is 0.0452. The molecule has 0 N–H and O–H groups in total. The number of carbonyl (C=O) groups is 1. The third-order valence-corrected chi connectivity index (χ3v) is 2.95. The summed E-state index contributed by atoms with van der Waals surface area (Å²) in [6.07, 6.45) is 0.390. The number of Topliss-reactive ketones (excluding diaryl/α,β-unsaturated/α-hetero) is 1. The van der Waals surface area contributed by atoms with E-state index < -0.39 is 0 Å². The molecular weight excluding hydrogens is 260 g/mol. The van der Waals surface area contributed by atoms with Gasteiger partial charge in [-0.05, 0) is 30.7 Å². The summed E-state index contributed by atoms with van der Waals surface area (Å²) in [5.74, 6) is 0.661. The van der Waals surface area contributed by atoms with Gasteiger partial charge in [-0.2, -0.15) is 0 Å². The van der Waals surface area contributed by atoms with E-state index in [0.717, 1.165) is 5.56 Å². The van der Waals surface area contributed by atoms with Gasteiger partial charge in [0.1, 0.15) is 12.4 Å². The zero-order valence-corrected chi connectivity index (χ0v) is 11.5. The Morgan fingerprint density at radius 3 is 2.58 bits per heavy atom. The monoisotopic (exact) mass is 274 g/mol. The van der Waals surface area contributed by atoms with Gasteiger partial charge in [0.15, 0.2) is 5.78 Å². The van der Waals surface area contributed by atoms with Crippen molar-refractivity contribution in [2.75, 3.05) is 6.61 Å². The van der Waals surface area contributed by atoms with E-state index >= 15 is 0 Å². The van der Waals surface area contributed by atoms with Crippen LogP contribution >= 0.6 is 11.6 Å². The lowest BCUT2D eigenvalue weighted by Gasteiger charge is -2.06. The molecule has 98 valence electrons. The number of hydrogen-bond acceptors (Lipinski definition) is 2. The maximum absolute atomic E-state index is 11.8. The molecule has 0 fully saturated rings. The van der Waals surface area contributed by atoms with E-state index in [2.05, 4.69) is 0 Å². The van der Waals surface area contributed by atoms with E-state index in [0.29, 0.717) is 17.2 Å². The van der Waals surface area contributed by atoms with Gasteiger partial charge in [-0.15, -0.1) is 0 Å². The van der Waals surface area contributed by atoms with E-state index in [4.69, 9.17) is 16.3 Å². The number of hydrogen-bond donors (Lipinski definition) is 0. The largest absolute Gasteiger partial charge is 0.486 e. The molecule has 0 radical (unpaired) electrons. The van der Waals surface area contributed by atoms with Gasteiger partial charge in [-0.25, -0.2) is 0 Å². The van der Waals surface area contributed by atoms with Gasteiger partial charge in [0.25, 0.3) is 0 Å². The quantitative estimate of drug-likeness (QED) is 0.828. The molecule has 2 nitrogen and oxygen atoms in total. The predicted molar refractivity (Wildman–Crippen MR) is 76.8 cm³/mol. The minimum atomic E-state index is 0.0452. The van der Waals surface area contributed by atoms with Crippen molar-refractivity contribution in [3.05, 3.63) is 64.7 Å². The van der Waals surface area contributed by atoms with Crippen molar-refractivity contribution in [3.63, 3.8) is 0 Å². The molecule has 0 heterocycles. The van der Waals surface area contributed by atoms with E-state index in [1.165, 1.54) is 5.56 Å². The van der Waals surface area contributed by atoms with Crippen LogP contribution < -0.4 is 4.74 Å². The summed E-state index contributed by atoms with van der Waals surface area (Å²) in [4.78, 5) is 11.8. The lowest BCUT2D eigenvalue weighted by molar-refractivity contribution is -0.120. The van der Waals surface area contributed by atoms with Crippen LogP contribution in [0.5, 0.6) is 5.75 Å². The Bertz CT molecular complexity index is 561. The second-order valence-electron chi connectivity index (χ2n) is 4.45. The molecule has 0 bridgehead atoms. The smallest absolute Gasteiger partial charge is 0.174 e. The van der Waals surface area contributed by atoms with Gasteiger partial charge in [0.05, 0.1) is 0 Å². The van der Waals surface area contributed by atoms with Gasteiger partial charge < -0.3 is 4.74 Å². The number of ketones is 1. The number of rotatable bonds is 5. The van der Waals surface area contributed by atoms with Crippen molar-refractivity contribution in [2.45, 2.75) is 13.3 Å². The fourth-order valence-corrected chi connectivity index (χ4v) is 1.89. The Kier molecular flexibility index (Phi) is 4.58. The first-order valence-corrected chi connectivity index (χ1v) is 6.47. The SMILES string of the molecule is Cc1ccc(CC(=O)COc2cccc(Cl)c2)cc1. The first-order chi connectivity index (χ1) is 9.13. The molecule has 0 aliphatic heterocycles. The molecule has 0 atom stereocenters. The van der Waals surface area contributed by atoms with Crippen LogP contribution in [0, 0.1) is 6.92 Å². The molecule has 2 aromatic carbocycles. The van der Waals surface area contributed by atoms with E-state index in [-0.39, 0.29) is 12.4 Å². The topological polar surface area (TPSA) is 26.3 Å². The Hall–Kier alpha value is -1.80. The molecule has 0 amide bonds. The molecule has 2 aromatic rings. The molecule has 0 saturated heterocycles. The van der Waals surface area contributed by atoms with Crippen LogP contribution in [0.2, 0.25) is 5.02 Å². The molecule has 0 unspecified atom stereocenters. The summed E-state index contributed by atoms with van der Waals surface area (Å²) in [6, 6.07) is 15.0. The highest BCUT2D eigenvalue weighted by atomic mass is 35.5. The summed E-state index contributed by atoms with van der Waals surface area (Å²) >= 11 is 5.84. The number of ether oxygens (including phenoxy) is 1. The first kappa shape index (κ1) is 13.6. The minimum Gasteiger partial charge on any atom is -0.486 e. The number of benzene rings is 2. The van der Waals surface area contributed by atoms with Gasteiger partial charge >= 0.3 is 0 Å². The summed E-state index contributed by atoms with van der Waals surface area (Å²) in [5, 5.41) is 0.600. The van der Waals surface area contributed by atoms with E-state index in [9.17, 15) is 4.79 Å². The zero-order valence-electron chi connectivity index (χ0n) is 10.7. The second kappa shape index (κ2) is 6.39. The molecule has 0 aliphatic carbocycles. The molecular formula is C16H15ClO2. The maximum Gasteiger partial charge on any atom is 0.174 e. The fraction of sp³-hybridized carbons (Fsp3) is 0.188. The fourth-order valence-electron chi connectivity index (χ4n) is 1.71. The average Bonchev–Trinajstić information content (AvgIpc) is 2.39. The molecule has 3 heteroatoms. The maximum atomic E-state index is 11.8. The normalized spacial score (nSPS) is 10.2. The van der Waals surface area contributed by atoms with Crippen molar-refractivity contribution in [3.8, 4) is 5.75 Å². The Balaban J connectivity index is 1.86. The number of carbonyl (C=O) groups excluding carboxylic acids is 1. The first-order valence-electron chi connectivity index (χ1n) is 6.09. The lowest BCUT2D eigenvalue weighted by Crippen LogP contribution is -2.13. The van der Waals surface area contributed by atoms with Crippen molar-refractivity contribution >= 4 is 17.4 Å². The highest BCUT2D eigenvalue weighted by Crippen LogP contribution is 2.17. The molecule has 0 aromatic heterocycles. The Labute approximate surface area is 118 Å². The summed E-state index contributed by atoms with van der Waals surface area (Å²) in [5.41, 5.74) is 2.19. The van der Waals surface area contributed by atoms with Crippen LogP contribution in [0.1, 0.15) is 11.1 Å². The predicted octanol–water partition coefficient (Wildman–Crippen LogP) is 3.84. The van der Waals surface area contributed by atoms with Crippen molar-refractivity contribution < 1.29 is 9.53 Å². The molecule has 2 rings (SSSR count). The van der Waals surface area contributed by atoms with Crippen LogP contribution in [0.25, 0.3) is 0 Å². The van der Waals surface area contributed by atoms with E-state index in [1.807, 2.05) is 31.2 Å². The highest BCUT2D eigenvalue weighted by molar-refractivity contribution is 6.30. The second-order valence-corrected chi connectivity index (χ2v) is 4.88. The van der Waals surface area contributed by atoms with Gasteiger partial charge in [-0.1, -0.05) is 47.5 Å². The highest BCUT2D eigenvalue weighted by Gasteiger charge is 2.05. The van der Waals surface area contributed by atoms with Crippen molar-refractivity contribution in [1.82, 2.24) is 0 Å². The van der Waals surface area contributed by atoms with Gasteiger partial charge in [0.2, 0.25) is 0 Å². The lowest BCUT2D eigenvalue weighted by atomic mass is 10.1. The molecule has 19 heavy (non-hydrogen) atoms. The van der Waals surface area contributed by atoms with Crippen molar-refractivity contribution in [2.24, 2.45) is 0 Å². The summed E-state index contributed by atoms with van der Waals surface area (Å²) in [7, 11) is 0. The molecule has 0 aliphatic rings. The third kappa shape index (κ3) is 4.42. The number of halogens is 1. The number of aryl methyl sites for hydroxylation is 1. The zero-order chi connectivity index (χ0) is 13.7. The summed E-state index contributed by atoms with van der Waals surface area (Å²) in [6.45, 7) is 2.09. The standard InChI is InChI=1S/C16H15ClO2/c1-12-5-7-13(8-6-12)9-15(18)11-19-16-4-2-3-14(17)10-16/h2-8,10H,9,11H2,1H3. The average molecular weight is 275 g/mol. The Morgan fingerprint density at radius 1 is 1.16 bits per heavy atom. The van der Waals surface area contributed by atoms with Crippen LogP contribution in [0.15, 0.2) is 48.5 Å².